The Bertz CT molecular complexity index is 116. The van der Waals surface area contributed by atoms with Gasteiger partial charge in [-0.25, -0.2) is 0 Å². The third kappa shape index (κ3) is 2.87. The second-order valence-corrected chi connectivity index (χ2v) is 2.23. The van der Waals surface area contributed by atoms with Gasteiger partial charge < -0.3 is 10.2 Å². The van der Waals surface area contributed by atoms with E-state index in [9.17, 15) is 5.11 Å². The van der Waals surface area contributed by atoms with Gasteiger partial charge in [0.05, 0.1) is 5.76 Å². The summed E-state index contributed by atoms with van der Waals surface area (Å²) in [4.78, 5) is 0. The molecule has 2 heteroatoms. The molecule has 0 aliphatic heterocycles. The zero-order valence-corrected chi connectivity index (χ0v) is 6.72. The molecule has 0 saturated carbocycles. The number of aliphatic hydroxyl groups is 2. The van der Waals surface area contributed by atoms with E-state index in [2.05, 4.69) is 0 Å². The van der Waals surface area contributed by atoms with Crippen LogP contribution in [0.2, 0.25) is 0 Å². The van der Waals surface area contributed by atoms with Crippen molar-refractivity contribution in [3.8, 4) is 0 Å². The van der Waals surface area contributed by atoms with Gasteiger partial charge in [0.1, 0.15) is 0 Å². The van der Waals surface area contributed by atoms with E-state index in [0.29, 0.717) is 18.6 Å². The summed E-state index contributed by atoms with van der Waals surface area (Å²) in [6.07, 6.45) is 2.11. The molecule has 0 saturated heterocycles. The highest BCUT2D eigenvalue weighted by atomic mass is 16.3. The third-order valence-electron chi connectivity index (χ3n) is 1.58. The molecule has 0 rings (SSSR count). The molecule has 0 bridgehead atoms. The van der Waals surface area contributed by atoms with Crippen LogP contribution in [0.15, 0.2) is 11.3 Å². The fraction of sp³-hybridized carbons (Fsp3) is 0.750. The molecule has 60 valence electrons. The molecule has 0 aliphatic rings. The minimum absolute atomic E-state index is 0.132. The Morgan fingerprint density at radius 1 is 1.20 bits per heavy atom. The first-order chi connectivity index (χ1) is 4.76. The van der Waals surface area contributed by atoms with Crippen LogP contribution in [-0.2, 0) is 0 Å². The molecular formula is C8H16O2. The number of hydrogen-bond acceptors (Lipinski definition) is 2. The van der Waals surface area contributed by atoms with E-state index in [4.69, 9.17) is 5.11 Å². The molecule has 0 unspecified atom stereocenters. The summed E-state index contributed by atoms with van der Waals surface area (Å²) in [5, 5.41) is 17.8. The van der Waals surface area contributed by atoms with Gasteiger partial charge in [-0.1, -0.05) is 13.8 Å². The monoisotopic (exact) mass is 144 g/mol. The highest BCUT2D eigenvalue weighted by Crippen LogP contribution is 2.12. The van der Waals surface area contributed by atoms with Crippen LogP contribution < -0.4 is 0 Å². The second-order valence-electron chi connectivity index (χ2n) is 2.23. The Hall–Kier alpha value is -0.500. The lowest BCUT2D eigenvalue weighted by Gasteiger charge is -2.04. The van der Waals surface area contributed by atoms with Crippen molar-refractivity contribution >= 4 is 0 Å². The topological polar surface area (TPSA) is 40.5 Å². The maximum absolute atomic E-state index is 9.22. The zero-order valence-electron chi connectivity index (χ0n) is 6.72. The average molecular weight is 144 g/mol. The minimum Gasteiger partial charge on any atom is -0.512 e. The smallest absolute Gasteiger partial charge is 0.0912 e. The summed E-state index contributed by atoms with van der Waals surface area (Å²) in [7, 11) is 0. The lowest BCUT2D eigenvalue weighted by atomic mass is 10.1. The minimum atomic E-state index is 0.132. The van der Waals surface area contributed by atoms with Crippen LogP contribution in [-0.4, -0.2) is 16.8 Å². The van der Waals surface area contributed by atoms with Crippen LogP contribution in [0.25, 0.3) is 0 Å². The van der Waals surface area contributed by atoms with Crippen LogP contribution >= 0.6 is 0 Å². The Balaban J connectivity index is 4.00. The summed E-state index contributed by atoms with van der Waals surface area (Å²) in [5.41, 5.74) is 0.977. The number of hydrogen-bond donors (Lipinski definition) is 2. The third-order valence-corrected chi connectivity index (χ3v) is 1.58. The summed E-state index contributed by atoms with van der Waals surface area (Å²) in [5.74, 6) is 0.441. The predicted octanol–water partition coefficient (Wildman–Crippen LogP) is 2.00. The molecule has 0 aromatic carbocycles. The molecule has 0 fully saturated rings. The van der Waals surface area contributed by atoms with Crippen molar-refractivity contribution in [2.45, 2.75) is 33.1 Å². The zero-order chi connectivity index (χ0) is 7.98. The molecule has 0 amide bonds. The molecule has 0 aliphatic carbocycles. The van der Waals surface area contributed by atoms with Gasteiger partial charge in [-0.3, -0.25) is 0 Å². The first kappa shape index (κ1) is 9.50. The van der Waals surface area contributed by atoms with Crippen LogP contribution in [0.1, 0.15) is 33.1 Å². The van der Waals surface area contributed by atoms with E-state index >= 15 is 0 Å². The van der Waals surface area contributed by atoms with Crippen LogP contribution in [0.5, 0.6) is 0 Å². The maximum atomic E-state index is 9.22. The van der Waals surface area contributed by atoms with E-state index in [1.165, 1.54) is 0 Å². The molecular weight excluding hydrogens is 128 g/mol. The molecule has 0 heterocycles. The number of allylic oxidation sites excluding steroid dienone is 1. The van der Waals surface area contributed by atoms with Crippen LogP contribution in [0, 0.1) is 0 Å². The first-order valence-corrected chi connectivity index (χ1v) is 3.76. The summed E-state index contributed by atoms with van der Waals surface area (Å²) >= 11 is 0. The average Bonchev–Trinajstić information content (AvgIpc) is 1.99. The first-order valence-electron chi connectivity index (χ1n) is 3.76. The molecule has 0 spiro atoms. The van der Waals surface area contributed by atoms with Crippen molar-refractivity contribution in [2.75, 3.05) is 6.61 Å². The Labute approximate surface area is 62.2 Å². The lowest BCUT2D eigenvalue weighted by molar-refractivity contribution is 0.292. The molecule has 0 atom stereocenters. The van der Waals surface area contributed by atoms with Crippen molar-refractivity contribution in [1.82, 2.24) is 0 Å². The molecule has 0 radical (unpaired) electrons. The fourth-order valence-corrected chi connectivity index (χ4v) is 0.910. The van der Waals surface area contributed by atoms with Gasteiger partial charge in [0.25, 0.3) is 0 Å². The van der Waals surface area contributed by atoms with Crippen molar-refractivity contribution in [3.63, 3.8) is 0 Å². The molecule has 0 aromatic heterocycles. The highest BCUT2D eigenvalue weighted by molar-refractivity contribution is 5.06. The van der Waals surface area contributed by atoms with E-state index in [1.54, 1.807) is 0 Å². The maximum Gasteiger partial charge on any atom is 0.0912 e. The standard InChI is InChI=1S/C8H16O2/c1-3-7(5-6-9)8(10)4-2/h9-10H,3-6H2,1-2H3/b8-7+. The van der Waals surface area contributed by atoms with Gasteiger partial charge in [0, 0.05) is 13.0 Å². The Morgan fingerprint density at radius 2 is 1.80 bits per heavy atom. The van der Waals surface area contributed by atoms with Gasteiger partial charge in [-0.05, 0) is 18.4 Å². The van der Waals surface area contributed by atoms with Crippen molar-refractivity contribution in [1.29, 1.82) is 0 Å². The largest absolute Gasteiger partial charge is 0.512 e. The quantitative estimate of drug-likeness (QED) is 0.592. The van der Waals surface area contributed by atoms with E-state index in [0.717, 1.165) is 12.0 Å². The highest BCUT2D eigenvalue weighted by Gasteiger charge is 1.99. The van der Waals surface area contributed by atoms with E-state index < -0.39 is 0 Å². The number of aliphatic hydroxyl groups excluding tert-OH is 2. The van der Waals surface area contributed by atoms with Crippen LogP contribution in [0.4, 0.5) is 0 Å². The number of rotatable bonds is 4. The molecule has 10 heavy (non-hydrogen) atoms. The van der Waals surface area contributed by atoms with Crippen LogP contribution in [0.3, 0.4) is 0 Å². The lowest BCUT2D eigenvalue weighted by Crippen LogP contribution is -1.92. The molecule has 2 N–H and O–H groups in total. The SMILES string of the molecule is CC/C(O)=C(/CC)CCO. The van der Waals surface area contributed by atoms with Gasteiger partial charge in [0.2, 0.25) is 0 Å². The van der Waals surface area contributed by atoms with Gasteiger partial charge >= 0.3 is 0 Å². The van der Waals surface area contributed by atoms with Gasteiger partial charge in [-0.15, -0.1) is 0 Å². The van der Waals surface area contributed by atoms with Gasteiger partial charge in [0.15, 0.2) is 0 Å². The molecule has 2 nitrogen and oxygen atoms in total. The predicted molar refractivity (Wildman–Crippen MR) is 41.9 cm³/mol. The van der Waals surface area contributed by atoms with Crippen molar-refractivity contribution in [3.05, 3.63) is 11.3 Å². The summed E-state index contributed by atoms with van der Waals surface area (Å²) in [6, 6.07) is 0. The Morgan fingerprint density at radius 3 is 2.10 bits per heavy atom. The van der Waals surface area contributed by atoms with E-state index in [1.807, 2.05) is 13.8 Å². The summed E-state index contributed by atoms with van der Waals surface area (Å²) in [6.45, 7) is 4.02. The van der Waals surface area contributed by atoms with Crippen molar-refractivity contribution < 1.29 is 10.2 Å². The normalized spacial score (nSPS) is 13.1. The van der Waals surface area contributed by atoms with Crippen molar-refractivity contribution in [2.24, 2.45) is 0 Å². The molecule has 0 aromatic rings. The Kier molecular flexibility index (Phi) is 5.03. The van der Waals surface area contributed by atoms with E-state index in [-0.39, 0.29) is 6.61 Å². The fourth-order valence-electron chi connectivity index (χ4n) is 0.910. The second kappa shape index (κ2) is 5.30. The summed E-state index contributed by atoms with van der Waals surface area (Å²) < 4.78 is 0. The van der Waals surface area contributed by atoms with Gasteiger partial charge in [-0.2, -0.15) is 0 Å².